The molecule has 3 N–H and O–H groups in total. The van der Waals surface area contributed by atoms with Gasteiger partial charge in [-0.1, -0.05) is 36.4 Å². The van der Waals surface area contributed by atoms with E-state index < -0.39 is 23.7 Å². The monoisotopic (exact) mass is 378 g/mol. The van der Waals surface area contributed by atoms with Gasteiger partial charge in [-0.2, -0.15) is 5.10 Å². The van der Waals surface area contributed by atoms with Crippen LogP contribution in [0.3, 0.4) is 0 Å². The zero-order chi connectivity index (χ0) is 19.7. The highest BCUT2D eigenvalue weighted by Crippen LogP contribution is 2.33. The molecule has 0 radical (unpaired) electrons. The van der Waals surface area contributed by atoms with Crippen molar-refractivity contribution < 1.29 is 19.1 Å². The van der Waals surface area contributed by atoms with Crippen molar-refractivity contribution in [2.45, 2.75) is 6.04 Å². The van der Waals surface area contributed by atoms with Crippen molar-refractivity contribution in [1.29, 1.82) is 0 Å². The highest BCUT2D eigenvalue weighted by molar-refractivity contribution is 6.08. The van der Waals surface area contributed by atoms with Crippen molar-refractivity contribution in [3.63, 3.8) is 0 Å². The molecule has 7 nitrogen and oxygen atoms in total. The molecular weight excluding hydrogens is 363 g/mol. The van der Waals surface area contributed by atoms with Gasteiger partial charge in [0.2, 0.25) is 0 Å². The highest BCUT2D eigenvalue weighted by Gasteiger charge is 2.30. The first-order chi connectivity index (χ1) is 13.5. The van der Waals surface area contributed by atoms with Gasteiger partial charge in [-0.15, -0.1) is 0 Å². The molecule has 3 aromatic rings. The minimum Gasteiger partial charge on any atom is -0.477 e. The number of allylic oxidation sites excluding steroid dienone is 1. The predicted octanol–water partition coefficient (Wildman–Crippen LogP) is 3.26. The Bertz CT molecular complexity index is 1090. The molecule has 140 valence electrons. The van der Waals surface area contributed by atoms with Crippen LogP contribution in [0.5, 0.6) is 0 Å². The number of carboxylic acid groups (broad SMARTS) is 1. The van der Waals surface area contributed by atoms with Crippen LogP contribution in [-0.2, 0) is 4.79 Å². The second kappa shape index (κ2) is 6.99. The van der Waals surface area contributed by atoms with E-state index in [0.717, 1.165) is 0 Å². The van der Waals surface area contributed by atoms with Gasteiger partial charge >= 0.3 is 5.97 Å². The molecular formula is C20H15FN4O3. The van der Waals surface area contributed by atoms with E-state index in [1.54, 1.807) is 42.5 Å². The molecule has 0 saturated carbocycles. The van der Waals surface area contributed by atoms with E-state index in [9.17, 15) is 19.1 Å². The number of aromatic nitrogens is 2. The smallest absolute Gasteiger partial charge is 0.352 e. The number of nitrogens with one attached hydrogen (secondary N) is 2. The molecule has 2 aromatic carbocycles. The van der Waals surface area contributed by atoms with Gasteiger partial charge in [0, 0.05) is 11.3 Å². The molecule has 1 aromatic heterocycles. The summed E-state index contributed by atoms with van der Waals surface area (Å²) in [5, 5.41) is 19.1. The number of rotatable bonds is 4. The summed E-state index contributed by atoms with van der Waals surface area (Å²) in [5.74, 6) is -1.99. The molecule has 1 atom stereocenters. The van der Waals surface area contributed by atoms with Crippen LogP contribution in [0.15, 0.2) is 72.6 Å². The van der Waals surface area contributed by atoms with E-state index in [0.29, 0.717) is 5.69 Å². The van der Waals surface area contributed by atoms with Gasteiger partial charge in [0.1, 0.15) is 28.9 Å². The number of aliphatic carboxylic acids is 1. The Hall–Kier alpha value is -3.94. The van der Waals surface area contributed by atoms with Gasteiger partial charge in [-0.3, -0.25) is 4.79 Å². The molecule has 1 aliphatic heterocycles. The molecule has 0 spiro atoms. The quantitative estimate of drug-likeness (QED) is 0.648. The second-order valence-corrected chi connectivity index (χ2v) is 6.15. The largest absolute Gasteiger partial charge is 0.477 e. The fourth-order valence-electron chi connectivity index (χ4n) is 3.04. The fourth-order valence-corrected chi connectivity index (χ4v) is 3.04. The summed E-state index contributed by atoms with van der Waals surface area (Å²) < 4.78 is 15.7. The van der Waals surface area contributed by atoms with Crippen molar-refractivity contribution in [2.24, 2.45) is 0 Å². The zero-order valence-corrected chi connectivity index (χ0v) is 14.5. The Morgan fingerprint density at radius 2 is 1.82 bits per heavy atom. The molecule has 4 rings (SSSR count). The Morgan fingerprint density at radius 1 is 1.11 bits per heavy atom. The van der Waals surface area contributed by atoms with Crippen LogP contribution in [0.4, 0.5) is 15.9 Å². The number of carboxylic acids is 1. The number of hydrogen-bond acceptors (Lipinski definition) is 4. The Morgan fingerprint density at radius 3 is 2.54 bits per heavy atom. The topological polar surface area (TPSA) is 96.2 Å². The zero-order valence-electron chi connectivity index (χ0n) is 14.5. The first-order valence-electron chi connectivity index (χ1n) is 8.45. The maximum atomic E-state index is 14.3. The molecule has 0 unspecified atom stereocenters. The number of anilines is 2. The average molecular weight is 378 g/mol. The molecule has 28 heavy (non-hydrogen) atoms. The maximum absolute atomic E-state index is 14.3. The summed E-state index contributed by atoms with van der Waals surface area (Å²) in [6, 6.07) is 14.1. The summed E-state index contributed by atoms with van der Waals surface area (Å²) >= 11 is 0. The number of amides is 1. The Kier molecular flexibility index (Phi) is 4.36. The standard InChI is InChI=1S/C20H15FN4O3/c21-15-9-5-4-8-13(15)17-10-16(20(27)28)24-18-14(11-22-25(17)18)19(26)23-12-6-2-1-3-7-12/h1-11,17,24H,(H,23,26)(H,27,28)/t17-/m1/s1. The molecule has 1 amide bonds. The third-order valence-electron chi connectivity index (χ3n) is 4.37. The lowest BCUT2D eigenvalue weighted by molar-refractivity contribution is -0.132. The number of hydrogen-bond donors (Lipinski definition) is 3. The number of halogens is 1. The van der Waals surface area contributed by atoms with Gasteiger partial charge in [0.15, 0.2) is 0 Å². The Labute approximate surface area is 159 Å². The predicted molar refractivity (Wildman–Crippen MR) is 101 cm³/mol. The number of carbonyl (C=O) groups is 2. The molecule has 0 saturated heterocycles. The van der Waals surface area contributed by atoms with E-state index in [-0.39, 0.29) is 22.6 Å². The van der Waals surface area contributed by atoms with Crippen LogP contribution in [0.1, 0.15) is 22.0 Å². The summed E-state index contributed by atoms with van der Waals surface area (Å²) in [7, 11) is 0. The SMILES string of the molecule is O=C(O)C1=C[C@H](c2ccccc2F)n2ncc(C(=O)Nc3ccccc3)c2N1. The molecule has 0 fully saturated rings. The van der Waals surface area contributed by atoms with Gasteiger partial charge in [0.25, 0.3) is 5.91 Å². The first kappa shape index (κ1) is 17.5. The van der Waals surface area contributed by atoms with Gasteiger partial charge in [-0.25, -0.2) is 13.9 Å². The van der Waals surface area contributed by atoms with Crippen LogP contribution in [-0.4, -0.2) is 26.8 Å². The minimum atomic E-state index is -1.22. The van der Waals surface area contributed by atoms with Crippen molar-refractivity contribution >= 4 is 23.4 Å². The number of nitrogens with zero attached hydrogens (tertiary/aromatic N) is 2. The first-order valence-corrected chi connectivity index (χ1v) is 8.45. The van der Waals surface area contributed by atoms with Crippen LogP contribution in [0, 0.1) is 5.82 Å². The van der Waals surface area contributed by atoms with Crippen LogP contribution < -0.4 is 10.6 Å². The van der Waals surface area contributed by atoms with Gasteiger partial charge in [0.05, 0.1) is 6.20 Å². The van der Waals surface area contributed by atoms with E-state index in [1.165, 1.54) is 23.0 Å². The van der Waals surface area contributed by atoms with Crippen molar-refractivity contribution in [2.75, 3.05) is 10.6 Å². The summed E-state index contributed by atoms with van der Waals surface area (Å²) in [6.45, 7) is 0. The Balaban J connectivity index is 1.75. The summed E-state index contributed by atoms with van der Waals surface area (Å²) in [5.41, 5.74) is 0.831. The highest BCUT2D eigenvalue weighted by atomic mass is 19.1. The van der Waals surface area contributed by atoms with Crippen molar-refractivity contribution in [3.8, 4) is 0 Å². The minimum absolute atomic E-state index is 0.150. The molecule has 0 aliphatic carbocycles. The number of para-hydroxylation sites is 1. The third kappa shape index (κ3) is 3.11. The number of fused-ring (bicyclic) bond motifs is 1. The van der Waals surface area contributed by atoms with Crippen LogP contribution >= 0.6 is 0 Å². The number of carbonyl (C=O) groups excluding carboxylic acids is 1. The molecule has 2 heterocycles. The van der Waals surface area contributed by atoms with Crippen molar-refractivity contribution in [3.05, 3.63) is 89.5 Å². The molecule has 0 bridgehead atoms. The van der Waals surface area contributed by atoms with E-state index in [1.807, 2.05) is 6.07 Å². The van der Waals surface area contributed by atoms with E-state index in [4.69, 9.17) is 0 Å². The molecule has 1 aliphatic rings. The summed E-state index contributed by atoms with van der Waals surface area (Å²) in [6.07, 6.45) is 2.69. The van der Waals surface area contributed by atoms with E-state index in [2.05, 4.69) is 15.7 Å². The maximum Gasteiger partial charge on any atom is 0.352 e. The lowest BCUT2D eigenvalue weighted by Gasteiger charge is -2.24. The molecule has 8 heteroatoms. The van der Waals surface area contributed by atoms with Crippen molar-refractivity contribution in [1.82, 2.24) is 9.78 Å². The second-order valence-electron chi connectivity index (χ2n) is 6.15. The average Bonchev–Trinajstić information content (AvgIpc) is 3.13. The van der Waals surface area contributed by atoms with Gasteiger partial charge in [-0.05, 0) is 24.3 Å². The third-order valence-corrected chi connectivity index (χ3v) is 4.37. The van der Waals surface area contributed by atoms with Crippen LogP contribution in [0.2, 0.25) is 0 Å². The van der Waals surface area contributed by atoms with Crippen LogP contribution in [0.25, 0.3) is 0 Å². The number of benzene rings is 2. The fraction of sp³-hybridized carbons (Fsp3) is 0.0500. The van der Waals surface area contributed by atoms with E-state index >= 15 is 0 Å². The van der Waals surface area contributed by atoms with Gasteiger partial charge < -0.3 is 15.7 Å². The normalized spacial score (nSPS) is 15.2. The lowest BCUT2D eigenvalue weighted by atomic mass is 10.0. The summed E-state index contributed by atoms with van der Waals surface area (Å²) in [4.78, 5) is 24.3. The lowest BCUT2D eigenvalue weighted by Crippen LogP contribution is -2.26.